The summed E-state index contributed by atoms with van der Waals surface area (Å²) in [6.07, 6.45) is 4.15. The minimum absolute atomic E-state index is 0.0607. The summed E-state index contributed by atoms with van der Waals surface area (Å²) in [5.41, 5.74) is 4.56. The lowest BCUT2D eigenvalue weighted by atomic mass is 9.62. The molecule has 5 aliphatic heterocycles. The second-order valence-electron chi connectivity index (χ2n) is 17.6. The van der Waals surface area contributed by atoms with Crippen molar-refractivity contribution in [1.82, 2.24) is 4.90 Å². The molecule has 5 saturated heterocycles. The maximum Gasteiger partial charge on any atom is 0.321 e. The number of ether oxygens (including phenoxy) is 3. The standard InChI is InChI=1S/C48H58N4O6/c1-5-56-45(54)47(3,4)58-42-18-12-38(13-19-42)43-48(25-27-50(28-26-48)46(55)49-39-14-6-34(2)7-15-39)44(53)51(43)40-16-20-41(21-17-40)57-33-37-10-8-36(9-11-37)32-52-29-22-35(23-30-52)24-31-52/h6-21,35,43,45,54H,5,22-33H2,1-4H3/p+1. The third-order valence-corrected chi connectivity index (χ3v) is 13.3. The molecule has 0 radical (unpaired) electrons. The number of rotatable bonds is 13. The van der Waals surface area contributed by atoms with Gasteiger partial charge in [-0.1, -0.05) is 54.1 Å². The molecule has 2 bridgehead atoms. The maximum absolute atomic E-state index is 14.4. The van der Waals surface area contributed by atoms with Crippen LogP contribution < -0.4 is 19.7 Å². The molecule has 2 unspecified atom stereocenters. The van der Waals surface area contributed by atoms with E-state index in [0.717, 1.165) is 46.3 Å². The Bertz CT molecular complexity index is 2020. The fourth-order valence-electron chi connectivity index (χ4n) is 9.63. The first-order valence-electron chi connectivity index (χ1n) is 21.2. The van der Waals surface area contributed by atoms with E-state index in [-0.39, 0.29) is 18.0 Å². The molecular weight excluding hydrogens is 729 g/mol. The second kappa shape index (κ2) is 16.4. The van der Waals surface area contributed by atoms with Crippen LogP contribution in [0.2, 0.25) is 0 Å². The number of nitrogens with zero attached hydrogens (tertiary/aromatic N) is 3. The summed E-state index contributed by atoms with van der Waals surface area (Å²) < 4.78 is 19.1. The number of anilines is 2. The molecular formula is C48H59N4O6+. The summed E-state index contributed by atoms with van der Waals surface area (Å²) in [6, 6.07) is 31.9. The Hall–Kier alpha value is -4.90. The van der Waals surface area contributed by atoms with Crippen molar-refractivity contribution >= 4 is 23.3 Å². The zero-order chi connectivity index (χ0) is 40.5. The zero-order valence-corrected chi connectivity index (χ0v) is 34.5. The van der Waals surface area contributed by atoms with Crippen molar-refractivity contribution in [3.8, 4) is 11.5 Å². The zero-order valence-electron chi connectivity index (χ0n) is 34.5. The Morgan fingerprint density at radius 3 is 2.09 bits per heavy atom. The molecule has 2 atom stereocenters. The summed E-state index contributed by atoms with van der Waals surface area (Å²) in [4.78, 5) is 31.4. The Kier molecular flexibility index (Phi) is 11.3. The Morgan fingerprint density at radius 2 is 1.47 bits per heavy atom. The van der Waals surface area contributed by atoms with Gasteiger partial charge in [0.2, 0.25) is 5.91 Å². The molecule has 10 nitrogen and oxygen atoms in total. The van der Waals surface area contributed by atoms with Crippen LogP contribution in [0.4, 0.5) is 16.2 Å². The lowest BCUT2D eigenvalue weighted by Gasteiger charge is -2.59. The molecule has 58 heavy (non-hydrogen) atoms. The molecule has 306 valence electrons. The normalized spacial score (nSPS) is 23.0. The van der Waals surface area contributed by atoms with E-state index in [1.807, 2.05) is 91.5 Å². The van der Waals surface area contributed by atoms with Crippen molar-refractivity contribution in [2.75, 3.05) is 49.5 Å². The Morgan fingerprint density at radius 1 is 0.862 bits per heavy atom. The average molecular weight is 788 g/mol. The van der Waals surface area contributed by atoms with Gasteiger partial charge >= 0.3 is 6.03 Å². The van der Waals surface area contributed by atoms with E-state index in [0.29, 0.717) is 44.9 Å². The molecule has 5 aliphatic rings. The molecule has 4 aromatic rings. The third kappa shape index (κ3) is 8.20. The van der Waals surface area contributed by atoms with Gasteiger partial charge in [0.25, 0.3) is 0 Å². The highest BCUT2D eigenvalue weighted by Gasteiger charge is 2.62. The van der Waals surface area contributed by atoms with Gasteiger partial charge in [-0.25, -0.2) is 4.79 Å². The number of aliphatic hydroxyl groups excluding tert-OH is 1. The number of carbonyl (C=O) groups excluding carboxylic acids is 2. The van der Waals surface area contributed by atoms with Crippen LogP contribution in [0.25, 0.3) is 0 Å². The predicted octanol–water partition coefficient (Wildman–Crippen LogP) is 8.62. The van der Waals surface area contributed by atoms with Crippen LogP contribution in [0.3, 0.4) is 0 Å². The number of hydrogen-bond donors (Lipinski definition) is 2. The van der Waals surface area contributed by atoms with E-state index in [4.69, 9.17) is 14.2 Å². The van der Waals surface area contributed by atoms with Gasteiger partial charge in [0.15, 0.2) is 11.9 Å². The van der Waals surface area contributed by atoms with Gasteiger partial charge in [0.05, 0.1) is 31.1 Å². The van der Waals surface area contributed by atoms with Crippen LogP contribution in [0.1, 0.15) is 81.2 Å². The van der Waals surface area contributed by atoms with Crippen LogP contribution in [0.5, 0.6) is 11.5 Å². The van der Waals surface area contributed by atoms with Gasteiger partial charge in [-0.2, -0.15) is 0 Å². The smallest absolute Gasteiger partial charge is 0.321 e. The van der Waals surface area contributed by atoms with E-state index in [9.17, 15) is 14.7 Å². The molecule has 2 N–H and O–H groups in total. The van der Waals surface area contributed by atoms with Crippen molar-refractivity contribution in [1.29, 1.82) is 0 Å². The minimum Gasteiger partial charge on any atom is -0.489 e. The summed E-state index contributed by atoms with van der Waals surface area (Å²) in [6.45, 7) is 14.3. The van der Waals surface area contributed by atoms with Crippen molar-refractivity contribution < 1.29 is 33.4 Å². The molecule has 1 spiro atoms. The van der Waals surface area contributed by atoms with Gasteiger partial charge in [-0.3, -0.25) is 4.79 Å². The maximum atomic E-state index is 14.4. The number of amides is 3. The number of aryl methyl sites for hydroxylation is 1. The number of hydrogen-bond acceptors (Lipinski definition) is 6. The van der Waals surface area contributed by atoms with E-state index in [2.05, 4.69) is 29.6 Å². The lowest BCUT2D eigenvalue weighted by molar-refractivity contribution is -0.955. The molecule has 3 amide bonds. The third-order valence-electron chi connectivity index (χ3n) is 13.3. The Labute approximate surface area is 343 Å². The highest BCUT2D eigenvalue weighted by molar-refractivity contribution is 6.06. The van der Waals surface area contributed by atoms with E-state index < -0.39 is 17.3 Å². The Balaban J connectivity index is 0.952. The number of nitrogens with one attached hydrogen (secondary N) is 1. The minimum atomic E-state index is -1.09. The second-order valence-corrected chi connectivity index (χ2v) is 17.6. The van der Waals surface area contributed by atoms with Gasteiger partial charge in [0, 0.05) is 36.6 Å². The first-order valence-corrected chi connectivity index (χ1v) is 21.2. The summed E-state index contributed by atoms with van der Waals surface area (Å²) in [7, 11) is 0. The number of β-lactam (4-membered cyclic amide) rings is 1. The van der Waals surface area contributed by atoms with E-state index in [1.165, 1.54) is 48.9 Å². The van der Waals surface area contributed by atoms with Crippen molar-refractivity contribution in [2.45, 2.75) is 90.9 Å². The fourth-order valence-corrected chi connectivity index (χ4v) is 9.63. The molecule has 10 heteroatoms. The van der Waals surface area contributed by atoms with Crippen LogP contribution in [-0.4, -0.2) is 77.6 Å². The van der Waals surface area contributed by atoms with Crippen LogP contribution in [0.15, 0.2) is 97.1 Å². The highest BCUT2D eigenvalue weighted by Crippen LogP contribution is 2.57. The number of piperidine rings is 4. The number of benzene rings is 4. The summed E-state index contributed by atoms with van der Waals surface area (Å²) in [5, 5.41) is 13.5. The quantitative estimate of drug-likeness (QED) is 0.0800. The molecule has 5 heterocycles. The molecule has 5 fully saturated rings. The number of aliphatic hydroxyl groups is 1. The fraction of sp³-hybridized carbons (Fsp3) is 0.458. The molecule has 4 aromatic carbocycles. The van der Waals surface area contributed by atoms with Crippen LogP contribution >= 0.6 is 0 Å². The first-order chi connectivity index (χ1) is 28.0. The van der Waals surface area contributed by atoms with Gasteiger partial charge in [0.1, 0.15) is 24.7 Å². The van der Waals surface area contributed by atoms with Crippen LogP contribution in [0, 0.1) is 18.3 Å². The van der Waals surface area contributed by atoms with Crippen LogP contribution in [-0.2, 0) is 22.7 Å². The number of likely N-dealkylation sites (tertiary alicyclic amines) is 1. The van der Waals surface area contributed by atoms with E-state index >= 15 is 0 Å². The van der Waals surface area contributed by atoms with Gasteiger partial charge in [-0.15, -0.1) is 0 Å². The molecule has 9 rings (SSSR count). The number of carbonyl (C=O) groups is 2. The number of fused-ring (bicyclic) bond motifs is 3. The number of quaternary nitrogens is 1. The SMILES string of the molecule is CCOC(O)C(C)(C)Oc1ccc(C2N(c3ccc(OCc4ccc(C[N+]56CCC(CC5)CC6)cc4)cc3)C(=O)C23CCN(C(=O)Nc2ccc(C)cc2)CC3)cc1. The monoisotopic (exact) mass is 787 g/mol. The average Bonchev–Trinajstić information content (AvgIpc) is 3.24. The van der Waals surface area contributed by atoms with Crippen molar-refractivity contribution in [2.24, 2.45) is 11.3 Å². The molecule has 0 saturated carbocycles. The largest absolute Gasteiger partial charge is 0.489 e. The van der Waals surface area contributed by atoms with Gasteiger partial charge in [-0.05, 0) is 125 Å². The first kappa shape index (κ1) is 39.9. The van der Waals surface area contributed by atoms with E-state index in [1.54, 1.807) is 18.7 Å². The lowest BCUT2D eigenvalue weighted by Crippen LogP contribution is -2.67. The molecule has 0 aromatic heterocycles. The highest BCUT2D eigenvalue weighted by atomic mass is 16.6. The number of urea groups is 1. The molecule has 0 aliphatic carbocycles. The van der Waals surface area contributed by atoms with Gasteiger partial charge < -0.3 is 38.9 Å². The van der Waals surface area contributed by atoms with Crippen molar-refractivity contribution in [3.05, 3.63) is 119 Å². The summed E-state index contributed by atoms with van der Waals surface area (Å²) >= 11 is 0. The summed E-state index contributed by atoms with van der Waals surface area (Å²) in [5.74, 6) is 2.36. The predicted molar refractivity (Wildman–Crippen MR) is 226 cm³/mol. The topological polar surface area (TPSA) is 101 Å². The van der Waals surface area contributed by atoms with Crippen molar-refractivity contribution in [3.63, 3.8) is 0 Å².